The van der Waals surface area contributed by atoms with Crippen molar-refractivity contribution in [1.29, 1.82) is 0 Å². The second kappa shape index (κ2) is 8.39. The lowest BCUT2D eigenvalue weighted by Crippen LogP contribution is -3.14. The van der Waals surface area contributed by atoms with E-state index in [1.165, 1.54) is 0 Å². The Morgan fingerprint density at radius 3 is 2.55 bits per heavy atom. The third kappa shape index (κ3) is 4.60. The van der Waals surface area contributed by atoms with Crippen molar-refractivity contribution in [3.8, 4) is 11.5 Å². The van der Waals surface area contributed by atoms with Crippen molar-refractivity contribution in [1.82, 2.24) is 0 Å². The highest BCUT2D eigenvalue weighted by Gasteiger charge is 2.25. The number of hydrogen-bond donors (Lipinski definition) is 3. The first kappa shape index (κ1) is 20.5. The van der Waals surface area contributed by atoms with Gasteiger partial charge in [0.2, 0.25) is 6.79 Å². The molecule has 2 aromatic rings. The molecule has 0 aliphatic carbocycles. The first-order valence-electron chi connectivity index (χ1n) is 8.72. The maximum Gasteiger partial charge on any atom is 0.282 e. The van der Waals surface area contributed by atoms with Crippen LogP contribution in [0.3, 0.4) is 0 Å². The van der Waals surface area contributed by atoms with Crippen LogP contribution in [0.25, 0.3) is 0 Å². The number of quaternary nitrogens is 1. The molecule has 0 aromatic heterocycles. The van der Waals surface area contributed by atoms with Gasteiger partial charge in [-0.3, -0.25) is 9.59 Å². The van der Waals surface area contributed by atoms with Gasteiger partial charge in [0.25, 0.3) is 11.8 Å². The zero-order valence-corrected chi connectivity index (χ0v) is 15.6. The van der Waals surface area contributed by atoms with Gasteiger partial charge in [-0.1, -0.05) is 0 Å². The van der Waals surface area contributed by atoms with Crippen LogP contribution in [0.2, 0.25) is 0 Å². The lowest BCUT2D eigenvalue weighted by Gasteiger charge is -2.20. The average molecular weight is 410 g/mol. The normalized spacial score (nSPS) is 14.2. The summed E-state index contributed by atoms with van der Waals surface area (Å²) in [4.78, 5) is 25.1. The average Bonchev–Trinajstić information content (AvgIpc) is 3.15. The van der Waals surface area contributed by atoms with Gasteiger partial charge < -0.3 is 25.0 Å². The van der Waals surface area contributed by atoms with Crippen LogP contribution in [0.1, 0.15) is 6.92 Å². The molecule has 10 heteroatoms. The predicted molar refractivity (Wildman–Crippen MR) is 97.4 cm³/mol. The summed E-state index contributed by atoms with van der Waals surface area (Å²) in [6, 6.07) is 5.96. The van der Waals surface area contributed by atoms with E-state index in [9.17, 15) is 22.8 Å². The van der Waals surface area contributed by atoms with Gasteiger partial charge in [-0.15, -0.1) is 0 Å². The number of halogens is 3. The van der Waals surface area contributed by atoms with E-state index in [1.54, 1.807) is 32.2 Å². The second-order valence-corrected chi connectivity index (χ2v) is 6.57. The molecule has 0 fully saturated rings. The van der Waals surface area contributed by atoms with Gasteiger partial charge in [-0.25, -0.2) is 13.2 Å². The maximum absolute atomic E-state index is 13.7. The van der Waals surface area contributed by atoms with Crippen LogP contribution in [0.4, 0.5) is 24.5 Å². The van der Waals surface area contributed by atoms with Crippen molar-refractivity contribution < 1.29 is 37.1 Å². The third-order valence-electron chi connectivity index (χ3n) is 4.52. The van der Waals surface area contributed by atoms with Crippen molar-refractivity contribution in [3.05, 3.63) is 47.8 Å². The van der Waals surface area contributed by atoms with Crippen molar-refractivity contribution >= 4 is 23.2 Å². The molecule has 2 amide bonds. The second-order valence-electron chi connectivity index (χ2n) is 6.57. The topological polar surface area (TPSA) is 81.1 Å². The number of hydrogen-bond acceptors (Lipinski definition) is 4. The number of amides is 2. The van der Waals surface area contributed by atoms with E-state index >= 15 is 0 Å². The molecule has 2 atom stereocenters. The predicted octanol–water partition coefficient (Wildman–Crippen LogP) is 1.31. The molecule has 2 aromatic carbocycles. The molecule has 0 spiro atoms. The van der Waals surface area contributed by atoms with Crippen LogP contribution in [-0.4, -0.2) is 38.2 Å². The summed E-state index contributed by atoms with van der Waals surface area (Å²) >= 11 is 0. The summed E-state index contributed by atoms with van der Waals surface area (Å²) < 4.78 is 50.3. The summed E-state index contributed by atoms with van der Waals surface area (Å²) in [6.07, 6.45) is 0. The largest absolute Gasteiger partial charge is 0.454 e. The van der Waals surface area contributed by atoms with E-state index in [1.807, 2.05) is 0 Å². The molecule has 0 radical (unpaired) electrons. The fourth-order valence-electron chi connectivity index (χ4n) is 2.67. The summed E-state index contributed by atoms with van der Waals surface area (Å²) in [5, 5.41) is 4.90. The number of fused-ring (bicyclic) bond motifs is 1. The number of rotatable bonds is 6. The van der Waals surface area contributed by atoms with Gasteiger partial charge in [0.05, 0.1) is 12.7 Å². The molecule has 1 unspecified atom stereocenters. The molecule has 1 aliphatic rings. The van der Waals surface area contributed by atoms with Crippen LogP contribution in [0.5, 0.6) is 11.5 Å². The molecule has 0 saturated carbocycles. The van der Waals surface area contributed by atoms with E-state index in [4.69, 9.17) is 9.47 Å². The monoisotopic (exact) mass is 410 g/mol. The molecule has 154 valence electrons. The van der Waals surface area contributed by atoms with Crippen LogP contribution in [-0.2, 0) is 9.59 Å². The first-order chi connectivity index (χ1) is 13.8. The molecular formula is C19H19F3N3O4+. The zero-order chi connectivity index (χ0) is 21.1. The summed E-state index contributed by atoms with van der Waals surface area (Å²) in [5.74, 6) is -4.41. The Bertz CT molecular complexity index is 955. The van der Waals surface area contributed by atoms with Crippen molar-refractivity contribution in [2.45, 2.75) is 13.0 Å². The number of likely N-dealkylation sites (N-methyl/N-ethyl adjacent to an activating group) is 1. The Morgan fingerprint density at radius 2 is 1.79 bits per heavy atom. The lowest BCUT2D eigenvalue weighted by molar-refractivity contribution is -0.885. The molecule has 1 heterocycles. The highest BCUT2D eigenvalue weighted by molar-refractivity contribution is 5.95. The Labute approximate surface area is 164 Å². The SMILES string of the molecule is C[C@@H](C(=O)Nc1ccc2c(c1)OCO2)[NH+](C)CC(=O)Nc1ccc(F)c(F)c1F. The van der Waals surface area contributed by atoms with E-state index in [-0.39, 0.29) is 19.2 Å². The van der Waals surface area contributed by atoms with Gasteiger partial charge in [0.15, 0.2) is 41.5 Å². The minimum Gasteiger partial charge on any atom is -0.454 e. The van der Waals surface area contributed by atoms with Crippen LogP contribution >= 0.6 is 0 Å². The number of benzene rings is 2. The Kier molecular flexibility index (Phi) is 5.92. The standard InChI is InChI=1S/C19H18F3N3O4/c1-10(19(27)23-11-3-6-14-15(7-11)29-9-28-14)25(2)8-16(26)24-13-5-4-12(20)17(21)18(13)22/h3-7,10H,8-9H2,1-2H3,(H,23,27)(H,24,26)/p+1/t10-/m0/s1. The smallest absolute Gasteiger partial charge is 0.282 e. The van der Waals surface area contributed by atoms with E-state index in [2.05, 4.69) is 10.6 Å². The summed E-state index contributed by atoms with van der Waals surface area (Å²) in [5.41, 5.74) is 0.0337. The minimum absolute atomic E-state index is 0.115. The van der Waals surface area contributed by atoms with Crippen molar-refractivity contribution in [2.75, 3.05) is 31.0 Å². The Hall–Kier alpha value is -3.27. The first-order valence-corrected chi connectivity index (χ1v) is 8.72. The highest BCUT2D eigenvalue weighted by Crippen LogP contribution is 2.34. The highest BCUT2D eigenvalue weighted by atomic mass is 19.2. The number of anilines is 2. The lowest BCUT2D eigenvalue weighted by atomic mass is 10.2. The Morgan fingerprint density at radius 1 is 1.07 bits per heavy atom. The molecule has 3 N–H and O–H groups in total. The van der Waals surface area contributed by atoms with Crippen LogP contribution < -0.4 is 25.0 Å². The van der Waals surface area contributed by atoms with E-state index < -0.39 is 35.1 Å². The third-order valence-corrected chi connectivity index (χ3v) is 4.52. The summed E-state index contributed by atoms with van der Waals surface area (Å²) in [7, 11) is 1.60. The fraction of sp³-hybridized carbons (Fsp3) is 0.263. The summed E-state index contributed by atoms with van der Waals surface area (Å²) in [6.45, 7) is 1.53. The number of carbonyl (C=O) groups is 2. The fourth-order valence-corrected chi connectivity index (χ4v) is 2.67. The molecule has 0 bridgehead atoms. The molecule has 3 rings (SSSR count). The van der Waals surface area contributed by atoms with Gasteiger partial charge in [-0.05, 0) is 31.2 Å². The van der Waals surface area contributed by atoms with Crippen molar-refractivity contribution in [3.63, 3.8) is 0 Å². The van der Waals surface area contributed by atoms with Gasteiger partial charge >= 0.3 is 0 Å². The Balaban J connectivity index is 1.56. The van der Waals surface area contributed by atoms with Gasteiger partial charge in [-0.2, -0.15) is 0 Å². The van der Waals surface area contributed by atoms with Gasteiger partial charge in [0.1, 0.15) is 0 Å². The molecule has 29 heavy (non-hydrogen) atoms. The maximum atomic E-state index is 13.7. The molecule has 1 aliphatic heterocycles. The number of nitrogens with one attached hydrogen (secondary N) is 3. The zero-order valence-electron chi connectivity index (χ0n) is 15.6. The molecule has 7 nitrogen and oxygen atoms in total. The number of carbonyl (C=O) groups excluding carboxylic acids is 2. The van der Waals surface area contributed by atoms with Crippen LogP contribution in [0, 0.1) is 17.5 Å². The minimum atomic E-state index is -1.67. The van der Waals surface area contributed by atoms with Crippen molar-refractivity contribution in [2.24, 2.45) is 0 Å². The molecule has 0 saturated heterocycles. The number of ether oxygens (including phenoxy) is 2. The van der Waals surface area contributed by atoms with Gasteiger partial charge in [0, 0.05) is 11.8 Å². The van der Waals surface area contributed by atoms with E-state index in [0.717, 1.165) is 6.07 Å². The van der Waals surface area contributed by atoms with Crippen LogP contribution in [0.15, 0.2) is 30.3 Å². The molecular weight excluding hydrogens is 391 g/mol. The quantitative estimate of drug-likeness (QED) is 0.628. The van der Waals surface area contributed by atoms with E-state index in [0.29, 0.717) is 28.2 Å².